The average molecular weight is 665 g/mol. The van der Waals surface area contributed by atoms with Crippen molar-refractivity contribution in [3.63, 3.8) is 0 Å². The highest BCUT2D eigenvalue weighted by atomic mass is 35.5. The third kappa shape index (κ3) is 4.89. The Morgan fingerprint density at radius 2 is 2.02 bits per heavy atom. The zero-order chi connectivity index (χ0) is 32.7. The van der Waals surface area contributed by atoms with Crippen LogP contribution in [0.25, 0.3) is 0 Å². The lowest BCUT2D eigenvalue weighted by molar-refractivity contribution is 0.0821. The van der Waals surface area contributed by atoms with Gasteiger partial charge >= 0.3 is 6.01 Å². The first kappa shape index (κ1) is 30.8. The van der Waals surface area contributed by atoms with E-state index >= 15 is 0 Å². The van der Waals surface area contributed by atoms with E-state index < -0.39 is 11.7 Å². The van der Waals surface area contributed by atoms with Gasteiger partial charge in [-0.05, 0) is 57.3 Å². The molecule has 1 unspecified atom stereocenters. The topological polar surface area (TPSA) is 103 Å². The van der Waals surface area contributed by atoms with Crippen LogP contribution in [0.15, 0.2) is 18.2 Å². The second-order valence-electron chi connectivity index (χ2n) is 14.3. The number of phenolic OH excluding ortho intramolecular Hbond substituents is 1. The van der Waals surface area contributed by atoms with Crippen LogP contribution in [0.3, 0.4) is 0 Å². The number of phenols is 1. The summed E-state index contributed by atoms with van der Waals surface area (Å²) in [6, 6.07) is 6.10. The molecule has 1 N–H and O–H groups in total. The van der Waals surface area contributed by atoms with Crippen molar-refractivity contribution in [2.75, 3.05) is 52.3 Å². The first-order chi connectivity index (χ1) is 22.6. The number of aromatic hydroxyl groups is 1. The molecule has 13 heteroatoms. The lowest BCUT2D eigenvalue weighted by atomic mass is 9.80. The smallest absolute Gasteiger partial charge is 0.318 e. The molecule has 11 nitrogen and oxygen atoms in total. The highest BCUT2D eigenvalue weighted by molar-refractivity contribution is 6.34. The number of likely N-dealkylation sites (N-methyl/N-ethyl adjacent to an activating group) is 1. The second-order valence-corrected chi connectivity index (χ2v) is 14.7. The van der Waals surface area contributed by atoms with Crippen LogP contribution in [0.1, 0.15) is 70.7 Å². The molecule has 3 atom stereocenters. The average Bonchev–Trinajstić information content (AvgIpc) is 3.73. The number of benzene rings is 1. The molecule has 3 aromatic rings. The van der Waals surface area contributed by atoms with Crippen LogP contribution in [0, 0.1) is 0 Å². The van der Waals surface area contributed by atoms with Gasteiger partial charge in [0.1, 0.15) is 24.3 Å². The zero-order valence-corrected chi connectivity index (χ0v) is 28.1. The highest BCUT2D eigenvalue weighted by Crippen LogP contribution is 2.51. The van der Waals surface area contributed by atoms with Crippen molar-refractivity contribution in [2.45, 2.75) is 81.8 Å². The van der Waals surface area contributed by atoms with Crippen LogP contribution < -0.4 is 9.64 Å². The molecule has 4 aliphatic heterocycles. The molecule has 5 aliphatic rings. The van der Waals surface area contributed by atoms with Gasteiger partial charge < -0.3 is 19.6 Å². The van der Waals surface area contributed by atoms with E-state index in [-0.39, 0.29) is 17.1 Å². The van der Waals surface area contributed by atoms with Gasteiger partial charge in [-0.25, -0.2) is 4.39 Å². The van der Waals surface area contributed by atoms with Crippen molar-refractivity contribution < 1.29 is 19.0 Å². The van der Waals surface area contributed by atoms with Crippen molar-refractivity contribution in [1.29, 1.82) is 0 Å². The molecule has 2 fully saturated rings. The summed E-state index contributed by atoms with van der Waals surface area (Å²) < 4.78 is 22.9. The third-order valence-electron chi connectivity index (χ3n) is 11.3. The Balaban J connectivity index is 1.19. The number of halogens is 2. The molecule has 6 heterocycles. The minimum Gasteiger partial charge on any atom is -0.508 e. The maximum Gasteiger partial charge on any atom is 0.318 e. The van der Waals surface area contributed by atoms with Gasteiger partial charge in [0.25, 0.3) is 5.91 Å². The van der Waals surface area contributed by atoms with Gasteiger partial charge in [0.2, 0.25) is 0 Å². The third-order valence-corrected chi connectivity index (χ3v) is 11.7. The number of alkyl halides is 1. The normalized spacial score (nSPS) is 27.0. The number of aryl methyl sites for hydroxylation is 2. The van der Waals surface area contributed by atoms with Crippen molar-refractivity contribution in [1.82, 2.24) is 34.4 Å². The van der Waals surface area contributed by atoms with Crippen molar-refractivity contribution >= 4 is 23.3 Å². The van der Waals surface area contributed by atoms with Gasteiger partial charge in [-0.2, -0.15) is 15.1 Å². The summed E-state index contributed by atoms with van der Waals surface area (Å²) in [6.45, 7) is 4.04. The molecule has 2 saturated heterocycles. The van der Waals surface area contributed by atoms with Gasteiger partial charge in [-0.15, -0.1) is 0 Å². The Hall–Kier alpha value is -3.48. The van der Waals surface area contributed by atoms with E-state index in [0.717, 1.165) is 67.0 Å². The van der Waals surface area contributed by atoms with Crippen LogP contribution in [-0.4, -0.2) is 105 Å². The zero-order valence-electron chi connectivity index (χ0n) is 27.3. The summed E-state index contributed by atoms with van der Waals surface area (Å²) in [6.07, 6.45) is 4.71. The summed E-state index contributed by atoms with van der Waals surface area (Å²) in [5.41, 5.74) is 4.40. The molecule has 0 radical (unpaired) electrons. The fraction of sp³-hybridized carbons (Fsp3) is 0.588. The second kappa shape index (κ2) is 11.3. The number of hydrogen-bond donors (Lipinski definition) is 1. The summed E-state index contributed by atoms with van der Waals surface area (Å²) in [5.74, 6) is 0.873. The maximum absolute atomic E-state index is 14.6. The number of nitrogens with zero attached hydrogens (tertiary/aromatic N) is 8. The van der Waals surface area contributed by atoms with Crippen LogP contribution in [0.4, 0.5) is 10.2 Å². The number of aromatic nitrogens is 4. The van der Waals surface area contributed by atoms with Crippen LogP contribution in [-0.2, 0) is 38.0 Å². The number of anilines is 1. The van der Waals surface area contributed by atoms with E-state index in [0.29, 0.717) is 69.0 Å². The molecule has 1 spiro atoms. The van der Waals surface area contributed by atoms with Crippen molar-refractivity contribution in [3.05, 3.63) is 57.0 Å². The number of amides is 1. The number of carbonyl (C=O) groups is 1. The number of ether oxygens (including phenoxy) is 1. The van der Waals surface area contributed by atoms with E-state index in [9.17, 15) is 14.3 Å². The fourth-order valence-electron chi connectivity index (χ4n) is 8.95. The molecule has 1 aromatic carbocycles. The quantitative estimate of drug-likeness (QED) is 0.435. The van der Waals surface area contributed by atoms with Gasteiger partial charge in [-0.3, -0.25) is 19.3 Å². The fourth-order valence-corrected chi connectivity index (χ4v) is 9.22. The Labute approximate surface area is 279 Å². The molecule has 8 rings (SSSR count). The minimum absolute atomic E-state index is 0.230. The van der Waals surface area contributed by atoms with Crippen LogP contribution in [0.2, 0.25) is 5.02 Å². The SMILES string of the molecule is CN(C)C(=O)c1nn2c(c1Cl)CN(c1nc(OCC34CCCN3C[C@H](F)C4)nc3c1CN(C)[C@@]1(CCc4cccc(O)c41)C3)CCC2. The largest absolute Gasteiger partial charge is 0.508 e. The Morgan fingerprint density at radius 3 is 2.85 bits per heavy atom. The Morgan fingerprint density at radius 1 is 1.17 bits per heavy atom. The number of rotatable bonds is 5. The predicted molar refractivity (Wildman–Crippen MR) is 175 cm³/mol. The van der Waals surface area contributed by atoms with Crippen molar-refractivity contribution in [2.24, 2.45) is 0 Å². The van der Waals surface area contributed by atoms with E-state index in [2.05, 4.69) is 32.9 Å². The van der Waals surface area contributed by atoms with E-state index in [4.69, 9.17) is 26.3 Å². The summed E-state index contributed by atoms with van der Waals surface area (Å²) in [7, 11) is 5.51. The van der Waals surface area contributed by atoms with Crippen LogP contribution in [0.5, 0.6) is 11.8 Å². The molecule has 1 aliphatic carbocycles. The molecular formula is C34H42ClFN8O3. The monoisotopic (exact) mass is 664 g/mol. The van der Waals surface area contributed by atoms with E-state index in [1.807, 2.05) is 10.7 Å². The van der Waals surface area contributed by atoms with E-state index in [1.165, 1.54) is 10.5 Å². The minimum atomic E-state index is -0.847. The maximum atomic E-state index is 14.6. The number of hydrogen-bond acceptors (Lipinski definition) is 9. The lowest BCUT2D eigenvalue weighted by Gasteiger charge is -2.45. The van der Waals surface area contributed by atoms with Gasteiger partial charge in [0.15, 0.2) is 5.69 Å². The molecular weight excluding hydrogens is 623 g/mol. The highest BCUT2D eigenvalue weighted by Gasteiger charge is 2.50. The first-order valence-electron chi connectivity index (χ1n) is 16.7. The molecule has 0 saturated carbocycles. The van der Waals surface area contributed by atoms with Gasteiger partial charge in [0.05, 0.1) is 34.0 Å². The Bertz CT molecular complexity index is 1750. The number of carbonyl (C=O) groups excluding carboxylic acids is 1. The van der Waals surface area contributed by atoms with Gasteiger partial charge in [-0.1, -0.05) is 23.7 Å². The molecule has 250 valence electrons. The summed E-state index contributed by atoms with van der Waals surface area (Å²) in [5, 5.41) is 16.1. The Kier molecular flexibility index (Phi) is 7.42. The van der Waals surface area contributed by atoms with E-state index in [1.54, 1.807) is 20.2 Å². The summed E-state index contributed by atoms with van der Waals surface area (Å²) >= 11 is 6.85. The van der Waals surface area contributed by atoms with Crippen molar-refractivity contribution in [3.8, 4) is 11.8 Å². The lowest BCUT2D eigenvalue weighted by Crippen LogP contribution is -2.48. The number of fused-ring (bicyclic) bond motifs is 5. The molecule has 2 aromatic heterocycles. The van der Waals surface area contributed by atoms with Crippen LogP contribution >= 0.6 is 11.6 Å². The van der Waals surface area contributed by atoms with Gasteiger partial charge in [0, 0.05) is 64.2 Å². The molecule has 1 amide bonds. The predicted octanol–water partition coefficient (Wildman–Crippen LogP) is 3.93. The molecule has 0 bridgehead atoms. The first-order valence-corrected chi connectivity index (χ1v) is 17.1. The summed E-state index contributed by atoms with van der Waals surface area (Å²) in [4.78, 5) is 31.3. The standard InChI is InChI=1S/C34H42ClFN8O3/c1-40(2)31(46)29-28(35)25-19-42(12-6-14-44(25)39-29)30-23-18-41(3)34(11-9-21-7-4-8-26(45)27(21)34)16-24(23)37-32(38-30)47-20-33-10-5-13-43(33)17-22(36)15-33/h4,7-8,22,45H,5-6,9-20H2,1-3H3/t22-,33?,34+/m1/s1. The molecule has 47 heavy (non-hydrogen) atoms.